The molecule has 0 saturated carbocycles. The number of aryl methyl sites for hydroxylation is 1. The lowest BCUT2D eigenvalue weighted by atomic mass is 10.2. The first-order chi connectivity index (χ1) is 12.7. The van der Waals surface area contributed by atoms with Crippen LogP contribution in [0.25, 0.3) is 0 Å². The van der Waals surface area contributed by atoms with E-state index in [-0.39, 0.29) is 0 Å². The van der Waals surface area contributed by atoms with Crippen molar-refractivity contribution in [2.24, 2.45) is 0 Å². The number of para-hydroxylation sites is 1. The van der Waals surface area contributed by atoms with Gasteiger partial charge in [-0.3, -0.25) is 0 Å². The van der Waals surface area contributed by atoms with Gasteiger partial charge in [0.1, 0.15) is 23.5 Å². The Hall–Kier alpha value is -3.39. The van der Waals surface area contributed by atoms with Gasteiger partial charge in [0.25, 0.3) is 0 Å². The van der Waals surface area contributed by atoms with Crippen LogP contribution < -0.4 is 10.2 Å². The van der Waals surface area contributed by atoms with Crippen LogP contribution in [0, 0.1) is 18.3 Å². The van der Waals surface area contributed by atoms with Crippen LogP contribution >= 0.6 is 0 Å². The average molecular weight is 343 g/mol. The molecule has 130 valence electrons. The second kappa shape index (κ2) is 8.13. The van der Waals surface area contributed by atoms with E-state index < -0.39 is 0 Å². The Morgan fingerprint density at radius 2 is 1.77 bits per heavy atom. The third kappa shape index (κ3) is 4.17. The van der Waals surface area contributed by atoms with Crippen LogP contribution in [-0.4, -0.2) is 16.5 Å². The number of hydrogen-bond donors (Lipinski definition) is 1. The van der Waals surface area contributed by atoms with Crippen molar-refractivity contribution in [2.75, 3.05) is 16.8 Å². The smallest absolute Gasteiger partial charge is 0.136 e. The van der Waals surface area contributed by atoms with E-state index in [0.717, 1.165) is 24.6 Å². The summed E-state index contributed by atoms with van der Waals surface area (Å²) in [5.74, 6) is 2.23. The highest BCUT2D eigenvalue weighted by molar-refractivity contribution is 5.66. The summed E-state index contributed by atoms with van der Waals surface area (Å²) in [7, 11) is 0. The zero-order valence-electron chi connectivity index (χ0n) is 15.0. The number of aromatic nitrogens is 2. The van der Waals surface area contributed by atoms with Crippen molar-refractivity contribution in [3.8, 4) is 6.07 Å². The molecular formula is C21H21N5. The highest BCUT2D eigenvalue weighted by Gasteiger charge is 2.11. The average Bonchev–Trinajstić information content (AvgIpc) is 2.67. The standard InChI is InChI=1S/C21H21N5/c1-3-26(15-17-9-5-4-6-10-17)21-13-20(23-16(2)24-21)25-19-12-8-7-11-18(19)14-22/h4-13H,3,15H2,1-2H3,(H,23,24,25). The van der Waals surface area contributed by atoms with Crippen LogP contribution in [0.1, 0.15) is 23.9 Å². The van der Waals surface area contributed by atoms with Crippen LogP contribution in [0.15, 0.2) is 60.7 Å². The van der Waals surface area contributed by atoms with E-state index in [9.17, 15) is 5.26 Å². The summed E-state index contributed by atoms with van der Waals surface area (Å²) in [6, 6.07) is 21.8. The molecule has 2 aromatic carbocycles. The molecule has 0 radical (unpaired) electrons. The zero-order valence-corrected chi connectivity index (χ0v) is 15.0. The maximum atomic E-state index is 9.27. The number of hydrogen-bond acceptors (Lipinski definition) is 5. The lowest BCUT2D eigenvalue weighted by Crippen LogP contribution is -2.23. The summed E-state index contributed by atoms with van der Waals surface area (Å²) in [6.07, 6.45) is 0. The van der Waals surface area contributed by atoms with Gasteiger partial charge in [0.2, 0.25) is 0 Å². The van der Waals surface area contributed by atoms with Crippen molar-refractivity contribution in [1.82, 2.24) is 9.97 Å². The van der Waals surface area contributed by atoms with Gasteiger partial charge in [-0.15, -0.1) is 0 Å². The predicted molar refractivity (Wildman–Crippen MR) is 104 cm³/mol. The zero-order chi connectivity index (χ0) is 18.4. The van der Waals surface area contributed by atoms with Gasteiger partial charge >= 0.3 is 0 Å². The van der Waals surface area contributed by atoms with Gasteiger partial charge in [0.05, 0.1) is 11.3 Å². The van der Waals surface area contributed by atoms with E-state index >= 15 is 0 Å². The fourth-order valence-corrected chi connectivity index (χ4v) is 2.76. The molecule has 3 aromatic rings. The molecule has 26 heavy (non-hydrogen) atoms. The molecule has 0 aliphatic carbocycles. The molecule has 0 fully saturated rings. The van der Waals surface area contributed by atoms with Gasteiger partial charge in [0.15, 0.2) is 0 Å². The Morgan fingerprint density at radius 3 is 2.50 bits per heavy atom. The van der Waals surface area contributed by atoms with Crippen LogP contribution in [0.3, 0.4) is 0 Å². The van der Waals surface area contributed by atoms with Crippen molar-refractivity contribution < 1.29 is 0 Å². The topological polar surface area (TPSA) is 64.8 Å². The third-order valence-electron chi connectivity index (χ3n) is 4.06. The van der Waals surface area contributed by atoms with Crippen molar-refractivity contribution in [1.29, 1.82) is 5.26 Å². The molecule has 0 amide bonds. The number of nitriles is 1. The van der Waals surface area contributed by atoms with Gasteiger partial charge in [-0.1, -0.05) is 42.5 Å². The first-order valence-electron chi connectivity index (χ1n) is 8.60. The van der Waals surface area contributed by atoms with Gasteiger partial charge in [0, 0.05) is 19.2 Å². The van der Waals surface area contributed by atoms with Gasteiger partial charge in [-0.05, 0) is 31.5 Å². The van der Waals surface area contributed by atoms with E-state index in [1.165, 1.54) is 5.56 Å². The molecular weight excluding hydrogens is 322 g/mol. The SMILES string of the molecule is CCN(Cc1ccccc1)c1cc(Nc2ccccc2C#N)nc(C)n1. The molecule has 3 rings (SSSR count). The van der Waals surface area contributed by atoms with E-state index in [1.54, 1.807) is 6.07 Å². The minimum atomic E-state index is 0.585. The maximum absolute atomic E-state index is 9.27. The van der Waals surface area contributed by atoms with Crippen molar-refractivity contribution >= 4 is 17.3 Å². The normalized spacial score (nSPS) is 10.2. The minimum Gasteiger partial charge on any atom is -0.352 e. The Morgan fingerprint density at radius 1 is 1.04 bits per heavy atom. The minimum absolute atomic E-state index is 0.585. The Kier molecular flexibility index (Phi) is 5.45. The largest absolute Gasteiger partial charge is 0.352 e. The first-order valence-corrected chi connectivity index (χ1v) is 8.60. The first kappa shape index (κ1) is 17.4. The molecule has 0 saturated heterocycles. The molecule has 0 atom stereocenters. The molecule has 1 aromatic heterocycles. The number of nitrogens with zero attached hydrogens (tertiary/aromatic N) is 4. The lowest BCUT2D eigenvalue weighted by Gasteiger charge is -2.23. The van der Waals surface area contributed by atoms with E-state index in [4.69, 9.17) is 0 Å². The van der Waals surface area contributed by atoms with Crippen LogP contribution in [-0.2, 0) is 6.54 Å². The summed E-state index contributed by atoms with van der Waals surface area (Å²) in [5, 5.41) is 12.5. The number of anilines is 3. The Balaban J connectivity index is 1.88. The van der Waals surface area contributed by atoms with Crippen LogP contribution in [0.5, 0.6) is 0 Å². The highest BCUT2D eigenvalue weighted by atomic mass is 15.2. The summed E-state index contributed by atoms with van der Waals surface area (Å²) in [5.41, 5.74) is 2.56. The van der Waals surface area contributed by atoms with Crippen molar-refractivity contribution in [3.05, 3.63) is 77.6 Å². The van der Waals surface area contributed by atoms with Gasteiger partial charge < -0.3 is 10.2 Å². The molecule has 0 unspecified atom stereocenters. The summed E-state index contributed by atoms with van der Waals surface area (Å²) in [6.45, 7) is 5.60. The van der Waals surface area contributed by atoms with E-state index in [2.05, 4.69) is 45.3 Å². The second-order valence-corrected chi connectivity index (χ2v) is 5.94. The molecule has 0 aliphatic heterocycles. The van der Waals surface area contributed by atoms with Gasteiger partial charge in [-0.25, -0.2) is 9.97 Å². The summed E-state index contributed by atoms with van der Waals surface area (Å²) >= 11 is 0. The fourth-order valence-electron chi connectivity index (χ4n) is 2.76. The van der Waals surface area contributed by atoms with Crippen molar-refractivity contribution in [3.63, 3.8) is 0 Å². The molecule has 5 nitrogen and oxygen atoms in total. The van der Waals surface area contributed by atoms with Crippen LogP contribution in [0.4, 0.5) is 17.3 Å². The fraction of sp³-hybridized carbons (Fsp3) is 0.190. The quantitative estimate of drug-likeness (QED) is 0.717. The number of rotatable bonds is 6. The van der Waals surface area contributed by atoms with E-state index in [1.807, 2.05) is 49.4 Å². The molecule has 0 bridgehead atoms. The highest BCUT2D eigenvalue weighted by Crippen LogP contribution is 2.23. The summed E-state index contributed by atoms with van der Waals surface area (Å²) in [4.78, 5) is 11.3. The molecule has 5 heteroatoms. The van der Waals surface area contributed by atoms with E-state index in [0.29, 0.717) is 17.2 Å². The third-order valence-corrected chi connectivity index (χ3v) is 4.06. The molecule has 1 heterocycles. The predicted octanol–water partition coefficient (Wildman–Crippen LogP) is 4.43. The molecule has 0 aliphatic rings. The molecule has 1 N–H and O–H groups in total. The second-order valence-electron chi connectivity index (χ2n) is 5.94. The molecule has 0 spiro atoms. The monoisotopic (exact) mass is 343 g/mol. The lowest BCUT2D eigenvalue weighted by molar-refractivity contribution is 0.805. The van der Waals surface area contributed by atoms with Crippen molar-refractivity contribution in [2.45, 2.75) is 20.4 Å². The number of benzene rings is 2. The maximum Gasteiger partial charge on any atom is 0.136 e. The number of nitrogens with one attached hydrogen (secondary N) is 1. The summed E-state index contributed by atoms with van der Waals surface area (Å²) < 4.78 is 0. The van der Waals surface area contributed by atoms with Gasteiger partial charge in [-0.2, -0.15) is 5.26 Å². The van der Waals surface area contributed by atoms with Crippen LogP contribution in [0.2, 0.25) is 0 Å². The Labute approximate surface area is 154 Å². The Bertz CT molecular complexity index is 915.